The highest BCUT2D eigenvalue weighted by atomic mass is 32.1. The summed E-state index contributed by atoms with van der Waals surface area (Å²) in [5, 5.41) is 16.1. The molecule has 2 amide bonds. The molecule has 0 saturated carbocycles. The second-order valence-corrected chi connectivity index (χ2v) is 16.3. The van der Waals surface area contributed by atoms with Gasteiger partial charge < -0.3 is 24.6 Å². The number of carbonyl (C=O) groups excluding carboxylic acids is 2. The fraction of sp³-hybridized carbons (Fsp3) is 0.600. The van der Waals surface area contributed by atoms with Crippen molar-refractivity contribution >= 4 is 31.0 Å². The third-order valence-electron chi connectivity index (χ3n) is 8.12. The Balaban J connectivity index is 1.59. The SMILES string of the molecule is Cc1ncsc1-c1ccc([C@H](C)NC(=O)[C@@H]2C[C@@H](OP(=O)(OCC(C)C)OCC(C)C)CN2C(=O)[C@@H](c2cc(OCCO)no2)C(C)C)cc1. The van der Waals surface area contributed by atoms with Crippen molar-refractivity contribution in [2.75, 3.05) is 33.0 Å². The van der Waals surface area contributed by atoms with Crippen molar-refractivity contribution in [1.29, 1.82) is 0 Å². The van der Waals surface area contributed by atoms with Gasteiger partial charge in [-0.25, -0.2) is 9.55 Å². The first-order chi connectivity index (χ1) is 23.7. The summed E-state index contributed by atoms with van der Waals surface area (Å²) < 4.78 is 42.2. The van der Waals surface area contributed by atoms with Crippen LogP contribution < -0.4 is 10.1 Å². The molecule has 4 atom stereocenters. The average Bonchev–Trinajstić information content (AvgIpc) is 3.82. The molecule has 0 bridgehead atoms. The number of phosphoric acid groups is 1. The number of hydrogen-bond donors (Lipinski definition) is 2. The molecule has 1 aliphatic heterocycles. The number of amides is 2. The van der Waals surface area contributed by atoms with E-state index in [-0.39, 0.29) is 86.6 Å². The van der Waals surface area contributed by atoms with E-state index >= 15 is 0 Å². The number of hydrogen-bond acceptors (Lipinski definition) is 12. The number of phosphoric ester groups is 1. The molecule has 15 heteroatoms. The van der Waals surface area contributed by atoms with Gasteiger partial charge in [0.2, 0.25) is 11.8 Å². The van der Waals surface area contributed by atoms with E-state index < -0.39 is 25.9 Å². The van der Waals surface area contributed by atoms with E-state index in [1.54, 1.807) is 11.3 Å². The summed E-state index contributed by atoms with van der Waals surface area (Å²) in [6, 6.07) is 8.12. The lowest BCUT2D eigenvalue weighted by molar-refractivity contribution is -0.141. The van der Waals surface area contributed by atoms with Gasteiger partial charge in [-0.05, 0) is 47.9 Å². The minimum Gasteiger partial charge on any atom is -0.473 e. The molecule has 4 rings (SSSR count). The van der Waals surface area contributed by atoms with E-state index in [9.17, 15) is 14.2 Å². The highest BCUT2D eigenvalue weighted by molar-refractivity contribution is 7.48. The molecule has 1 fully saturated rings. The first kappa shape index (κ1) is 39.7. The highest BCUT2D eigenvalue weighted by Crippen LogP contribution is 2.52. The number of benzene rings is 1. The molecule has 1 saturated heterocycles. The van der Waals surface area contributed by atoms with Gasteiger partial charge in [0.15, 0.2) is 5.76 Å². The number of ether oxygens (including phenoxy) is 1. The number of aliphatic hydroxyl groups is 1. The van der Waals surface area contributed by atoms with Crippen LogP contribution in [0.25, 0.3) is 10.4 Å². The molecule has 13 nitrogen and oxygen atoms in total. The van der Waals surface area contributed by atoms with Gasteiger partial charge >= 0.3 is 7.82 Å². The standard InChI is InChI=1S/C35H51N4O9PS/c1-21(2)18-45-49(43,46-19-22(3)4)48-28-15-29(34(41)37-24(7)26-9-11-27(12-10-26)33-25(8)36-20-50-33)39(17-28)35(42)32(23(5)6)30-16-31(38-47-30)44-14-13-40/h9-12,16,20-24,28-29,32,40H,13-15,17-19H2,1-8H3,(H,37,41)/t24-,28+,29-,32+/m0/s1. The minimum atomic E-state index is -4.04. The quantitative estimate of drug-likeness (QED) is 0.137. The molecule has 0 unspecified atom stereocenters. The Labute approximate surface area is 298 Å². The summed E-state index contributed by atoms with van der Waals surface area (Å²) in [5.41, 5.74) is 4.70. The molecular weight excluding hydrogens is 683 g/mol. The van der Waals surface area contributed by atoms with E-state index in [4.69, 9.17) is 27.9 Å². The number of aryl methyl sites for hydroxylation is 1. The van der Waals surface area contributed by atoms with E-state index in [0.29, 0.717) is 0 Å². The molecule has 276 valence electrons. The Morgan fingerprint density at radius 1 is 1.08 bits per heavy atom. The van der Waals surface area contributed by atoms with E-state index in [0.717, 1.165) is 21.7 Å². The summed E-state index contributed by atoms with van der Waals surface area (Å²) in [6.07, 6.45) is -0.747. The second-order valence-electron chi connectivity index (χ2n) is 13.8. The summed E-state index contributed by atoms with van der Waals surface area (Å²) >= 11 is 1.57. The first-order valence-corrected chi connectivity index (χ1v) is 19.4. The second kappa shape index (κ2) is 17.9. The number of carbonyl (C=O) groups is 2. The number of rotatable bonds is 18. The molecular formula is C35H51N4O9PS. The van der Waals surface area contributed by atoms with Crippen molar-refractivity contribution in [3.05, 3.63) is 52.9 Å². The van der Waals surface area contributed by atoms with Crippen LogP contribution in [0.5, 0.6) is 5.88 Å². The molecule has 1 aromatic carbocycles. The molecule has 50 heavy (non-hydrogen) atoms. The lowest BCUT2D eigenvalue weighted by Crippen LogP contribution is -2.48. The van der Waals surface area contributed by atoms with Crippen LogP contribution in [0.4, 0.5) is 0 Å². The zero-order valence-corrected chi connectivity index (χ0v) is 31.9. The maximum absolute atomic E-state index is 14.4. The smallest absolute Gasteiger partial charge is 0.473 e. The van der Waals surface area contributed by atoms with Crippen molar-refractivity contribution in [3.63, 3.8) is 0 Å². The lowest BCUT2D eigenvalue weighted by atomic mass is 9.91. The van der Waals surface area contributed by atoms with Crippen LogP contribution in [-0.2, 0) is 27.7 Å². The van der Waals surface area contributed by atoms with Crippen LogP contribution in [0.1, 0.15) is 83.9 Å². The molecule has 1 aliphatic rings. The third kappa shape index (κ3) is 10.5. The van der Waals surface area contributed by atoms with Gasteiger partial charge in [0.25, 0.3) is 5.88 Å². The van der Waals surface area contributed by atoms with E-state index in [1.165, 1.54) is 11.0 Å². The maximum Gasteiger partial charge on any atom is 0.475 e. The molecule has 3 heterocycles. The van der Waals surface area contributed by atoms with Crippen LogP contribution in [0.2, 0.25) is 0 Å². The van der Waals surface area contributed by atoms with Crippen molar-refractivity contribution in [1.82, 2.24) is 20.4 Å². The summed E-state index contributed by atoms with van der Waals surface area (Å²) in [5.74, 6) is -1.30. The van der Waals surface area contributed by atoms with Crippen molar-refractivity contribution in [2.24, 2.45) is 17.8 Å². The number of aliphatic hydroxyl groups excluding tert-OH is 1. The highest BCUT2D eigenvalue weighted by Gasteiger charge is 2.47. The molecule has 0 spiro atoms. The van der Waals surface area contributed by atoms with Gasteiger partial charge in [0.1, 0.15) is 18.6 Å². The molecule has 0 radical (unpaired) electrons. The van der Waals surface area contributed by atoms with Gasteiger partial charge in [-0.15, -0.1) is 11.3 Å². The van der Waals surface area contributed by atoms with Crippen LogP contribution in [0.15, 0.2) is 40.4 Å². The monoisotopic (exact) mass is 734 g/mol. The van der Waals surface area contributed by atoms with Gasteiger partial charge in [-0.1, -0.05) is 65.8 Å². The Hall–Kier alpha value is -3.13. The number of nitrogens with one attached hydrogen (secondary N) is 1. The van der Waals surface area contributed by atoms with Crippen LogP contribution in [0, 0.1) is 24.7 Å². The lowest BCUT2D eigenvalue weighted by Gasteiger charge is -2.29. The Bertz CT molecular complexity index is 1580. The Morgan fingerprint density at radius 2 is 1.74 bits per heavy atom. The largest absolute Gasteiger partial charge is 0.475 e. The number of likely N-dealkylation sites (tertiary alicyclic amines) is 1. The molecule has 0 aliphatic carbocycles. The van der Waals surface area contributed by atoms with Gasteiger partial charge in [0.05, 0.1) is 48.0 Å². The fourth-order valence-electron chi connectivity index (χ4n) is 5.57. The molecule has 2 N–H and O–H groups in total. The van der Waals surface area contributed by atoms with Crippen LogP contribution in [-0.4, -0.2) is 77.1 Å². The van der Waals surface area contributed by atoms with Gasteiger partial charge in [-0.3, -0.25) is 23.2 Å². The summed E-state index contributed by atoms with van der Waals surface area (Å²) in [4.78, 5) is 35.3. The average molecular weight is 735 g/mol. The Kier molecular flexibility index (Phi) is 14.2. The van der Waals surface area contributed by atoms with E-state index in [1.807, 2.05) is 85.2 Å². The third-order valence-corrected chi connectivity index (χ3v) is 10.6. The minimum absolute atomic E-state index is 0.0171. The maximum atomic E-state index is 14.4. The van der Waals surface area contributed by atoms with Crippen molar-refractivity contribution in [3.8, 4) is 16.3 Å². The predicted octanol–water partition coefficient (Wildman–Crippen LogP) is 6.53. The number of aromatic nitrogens is 2. The van der Waals surface area contributed by atoms with Crippen LogP contribution in [0.3, 0.4) is 0 Å². The number of nitrogens with zero attached hydrogens (tertiary/aromatic N) is 3. The Morgan fingerprint density at radius 3 is 2.30 bits per heavy atom. The fourth-order valence-corrected chi connectivity index (χ4v) is 8.06. The van der Waals surface area contributed by atoms with Gasteiger partial charge in [-0.2, -0.15) is 0 Å². The molecule has 2 aromatic heterocycles. The van der Waals surface area contributed by atoms with Crippen molar-refractivity contribution < 1.29 is 42.1 Å². The number of thiazole rings is 1. The zero-order chi connectivity index (χ0) is 36.6. The topological polar surface area (TPSA) is 163 Å². The van der Waals surface area contributed by atoms with Gasteiger partial charge in [0, 0.05) is 19.0 Å². The normalized spacial score (nSPS) is 17.9. The summed E-state index contributed by atoms with van der Waals surface area (Å²) in [7, 11) is -4.04. The van der Waals surface area contributed by atoms with Crippen LogP contribution >= 0.6 is 19.2 Å². The molecule has 3 aromatic rings. The zero-order valence-electron chi connectivity index (χ0n) is 30.2. The summed E-state index contributed by atoms with van der Waals surface area (Å²) in [6.45, 7) is 15.4. The first-order valence-electron chi connectivity index (χ1n) is 17.1. The predicted molar refractivity (Wildman–Crippen MR) is 190 cm³/mol. The van der Waals surface area contributed by atoms with Crippen molar-refractivity contribution in [2.45, 2.75) is 85.9 Å². The van der Waals surface area contributed by atoms with E-state index in [2.05, 4.69) is 15.5 Å².